The van der Waals surface area contributed by atoms with Gasteiger partial charge in [-0.05, 0) is 6.07 Å². The van der Waals surface area contributed by atoms with Crippen LogP contribution in [0.2, 0.25) is 0 Å². The Morgan fingerprint density at radius 2 is 2.32 bits per heavy atom. The third-order valence-corrected chi connectivity index (χ3v) is 2.49. The molecule has 0 saturated carbocycles. The minimum Gasteiger partial charge on any atom is -0.470 e. The predicted molar refractivity (Wildman–Crippen MR) is 62.7 cm³/mol. The van der Waals surface area contributed by atoms with Gasteiger partial charge in [-0.25, -0.2) is 14.2 Å². The summed E-state index contributed by atoms with van der Waals surface area (Å²) in [7, 11) is 1.46. The first-order chi connectivity index (χ1) is 9.16. The zero-order valence-corrected chi connectivity index (χ0v) is 9.77. The van der Waals surface area contributed by atoms with Crippen LogP contribution in [0, 0.1) is 0 Å². The average molecular weight is 260 g/mol. The molecule has 3 aromatic heterocycles. The molecule has 3 heterocycles. The van der Waals surface area contributed by atoms with E-state index in [9.17, 15) is 9.59 Å². The van der Waals surface area contributed by atoms with Gasteiger partial charge in [0.25, 0.3) is 5.91 Å². The lowest BCUT2D eigenvalue weighted by atomic mass is 10.4. The largest absolute Gasteiger partial charge is 0.470 e. The number of hydrogen-bond donors (Lipinski definition) is 1. The molecule has 0 aliphatic heterocycles. The highest BCUT2D eigenvalue weighted by atomic mass is 16.3. The first kappa shape index (κ1) is 11.1. The van der Waals surface area contributed by atoms with Gasteiger partial charge in [0, 0.05) is 7.05 Å². The van der Waals surface area contributed by atoms with Gasteiger partial charge in [0.2, 0.25) is 0 Å². The first-order valence-electron chi connectivity index (χ1n) is 5.27. The Labute approximate surface area is 105 Å². The molecule has 0 saturated heterocycles. The lowest BCUT2D eigenvalue weighted by molar-refractivity contribution is 0.102. The number of aromatic nitrogens is 5. The highest BCUT2D eigenvalue weighted by Gasteiger charge is 2.17. The van der Waals surface area contributed by atoms with Crippen molar-refractivity contribution in [3.8, 4) is 0 Å². The van der Waals surface area contributed by atoms with Gasteiger partial charge in [-0.15, -0.1) is 5.10 Å². The van der Waals surface area contributed by atoms with Gasteiger partial charge in [0.05, 0.1) is 12.0 Å². The summed E-state index contributed by atoms with van der Waals surface area (Å²) in [5.74, 6) is -0.494. The molecule has 0 aromatic carbocycles. The number of carbonyl (C=O) groups excluding carboxylic acids is 1. The Balaban J connectivity index is 2.04. The number of fused-ring (bicyclic) bond motifs is 1. The van der Waals surface area contributed by atoms with Crippen LogP contribution in [-0.2, 0) is 7.05 Å². The Morgan fingerprint density at radius 3 is 3.05 bits per heavy atom. The average Bonchev–Trinajstić information content (AvgIpc) is 3.02. The van der Waals surface area contributed by atoms with Crippen LogP contribution >= 0.6 is 0 Å². The smallest absolute Gasteiger partial charge is 0.352 e. The van der Waals surface area contributed by atoms with Crippen molar-refractivity contribution in [2.45, 2.75) is 0 Å². The molecule has 0 fully saturated rings. The predicted octanol–water partition coefficient (Wildman–Crippen LogP) is -0.332. The number of carbonyl (C=O) groups is 1. The van der Waals surface area contributed by atoms with Gasteiger partial charge in [-0.2, -0.15) is 4.68 Å². The Hall–Kier alpha value is -2.97. The van der Waals surface area contributed by atoms with Gasteiger partial charge >= 0.3 is 5.69 Å². The molecule has 0 spiro atoms. The summed E-state index contributed by atoms with van der Waals surface area (Å²) in [6, 6.07) is 1.58. The third-order valence-electron chi connectivity index (χ3n) is 2.49. The molecule has 0 aliphatic carbocycles. The molecule has 0 bridgehead atoms. The molecular weight excluding hydrogens is 252 g/mol. The van der Waals surface area contributed by atoms with Crippen LogP contribution in [0.25, 0.3) is 5.65 Å². The number of furan rings is 1. The lowest BCUT2D eigenvalue weighted by Gasteiger charge is -1.99. The second-order valence-corrected chi connectivity index (χ2v) is 3.75. The van der Waals surface area contributed by atoms with Crippen LogP contribution in [0.4, 0.5) is 5.69 Å². The van der Waals surface area contributed by atoms with Gasteiger partial charge in [-0.3, -0.25) is 4.79 Å². The van der Waals surface area contributed by atoms with E-state index in [0.29, 0.717) is 5.69 Å². The number of amides is 1. The van der Waals surface area contributed by atoms with E-state index in [0.717, 1.165) is 9.08 Å². The molecule has 0 atom stereocenters. The highest BCUT2D eigenvalue weighted by molar-refractivity contribution is 6.06. The zero-order chi connectivity index (χ0) is 13.4. The van der Waals surface area contributed by atoms with Crippen LogP contribution in [0.5, 0.6) is 0 Å². The van der Waals surface area contributed by atoms with E-state index in [1.54, 1.807) is 6.07 Å². The van der Waals surface area contributed by atoms with Gasteiger partial charge in [0.1, 0.15) is 12.6 Å². The van der Waals surface area contributed by atoms with Crippen molar-refractivity contribution in [3.05, 3.63) is 41.1 Å². The molecule has 9 heteroatoms. The molecule has 0 radical (unpaired) electrons. The maximum absolute atomic E-state index is 12.0. The fraction of sp³-hybridized carbons (Fsp3) is 0.100. The Morgan fingerprint density at radius 1 is 1.47 bits per heavy atom. The maximum Gasteiger partial charge on any atom is 0.352 e. The lowest BCUT2D eigenvalue weighted by Crippen LogP contribution is -2.27. The molecule has 19 heavy (non-hydrogen) atoms. The topological polar surface area (TPSA) is 107 Å². The van der Waals surface area contributed by atoms with Crippen molar-refractivity contribution in [2.24, 2.45) is 7.05 Å². The minimum atomic E-state index is -0.494. The van der Waals surface area contributed by atoms with E-state index >= 15 is 0 Å². The second kappa shape index (κ2) is 4.05. The summed E-state index contributed by atoms with van der Waals surface area (Å²) in [5, 5.41) is 9.96. The van der Waals surface area contributed by atoms with Crippen molar-refractivity contribution in [1.82, 2.24) is 24.4 Å². The number of hydrogen-bond acceptors (Lipinski definition) is 6. The fourth-order valence-corrected chi connectivity index (χ4v) is 1.57. The summed E-state index contributed by atoms with van der Waals surface area (Å²) in [5.41, 5.74) is 0.179. The number of imidazole rings is 1. The van der Waals surface area contributed by atoms with Gasteiger partial charge in [-0.1, -0.05) is 5.21 Å². The summed E-state index contributed by atoms with van der Waals surface area (Å²) in [6.07, 6.45) is 4.04. The molecule has 1 N–H and O–H groups in total. The van der Waals surface area contributed by atoms with Crippen LogP contribution in [0.1, 0.15) is 10.5 Å². The van der Waals surface area contributed by atoms with Crippen molar-refractivity contribution in [1.29, 1.82) is 0 Å². The Bertz CT molecular complexity index is 800. The van der Waals surface area contributed by atoms with Crippen LogP contribution in [0.3, 0.4) is 0 Å². The summed E-state index contributed by atoms with van der Waals surface area (Å²) in [6.45, 7) is 0. The highest BCUT2D eigenvalue weighted by Crippen LogP contribution is 2.10. The maximum atomic E-state index is 12.0. The van der Waals surface area contributed by atoms with Crippen molar-refractivity contribution < 1.29 is 9.21 Å². The number of nitrogens with zero attached hydrogens (tertiary/aromatic N) is 5. The molecule has 3 aromatic rings. The molecule has 3 rings (SSSR count). The second-order valence-electron chi connectivity index (χ2n) is 3.75. The molecular formula is C10H8N6O3. The summed E-state index contributed by atoms with van der Waals surface area (Å²) in [4.78, 5) is 27.6. The van der Waals surface area contributed by atoms with Crippen molar-refractivity contribution in [3.63, 3.8) is 0 Å². The third kappa shape index (κ3) is 1.76. The number of aryl methyl sites for hydroxylation is 1. The number of rotatable bonds is 2. The molecule has 0 aliphatic rings. The summed E-state index contributed by atoms with van der Waals surface area (Å²) >= 11 is 0. The quantitative estimate of drug-likeness (QED) is 0.675. The molecule has 96 valence electrons. The van der Waals surface area contributed by atoms with E-state index in [2.05, 4.69) is 20.6 Å². The fourth-order valence-electron chi connectivity index (χ4n) is 1.57. The Kier molecular flexibility index (Phi) is 2.37. The molecule has 9 nitrogen and oxygen atoms in total. The van der Waals surface area contributed by atoms with E-state index in [-0.39, 0.29) is 11.3 Å². The first-order valence-corrected chi connectivity index (χ1v) is 5.27. The SMILES string of the molecule is Cn1nnc2c(C(=O)Nc3ccoc3)ncn2c1=O. The zero-order valence-electron chi connectivity index (χ0n) is 9.77. The number of nitrogens with one attached hydrogen (secondary N) is 1. The molecule has 0 unspecified atom stereocenters. The van der Waals surface area contributed by atoms with Crippen LogP contribution in [0.15, 0.2) is 34.1 Å². The number of anilines is 1. The minimum absolute atomic E-state index is 0.0198. The summed E-state index contributed by atoms with van der Waals surface area (Å²) < 4.78 is 7.03. The van der Waals surface area contributed by atoms with Gasteiger partial charge < -0.3 is 9.73 Å². The van der Waals surface area contributed by atoms with Crippen LogP contribution in [-0.4, -0.2) is 30.3 Å². The van der Waals surface area contributed by atoms with E-state index in [4.69, 9.17) is 4.42 Å². The normalized spacial score (nSPS) is 10.8. The van der Waals surface area contributed by atoms with E-state index in [1.807, 2.05) is 0 Å². The standard InChI is InChI=1S/C10H8N6O3/c1-15-10(18)16-5-11-7(8(16)13-14-15)9(17)12-6-2-3-19-4-6/h2-5H,1H3,(H,12,17). The van der Waals surface area contributed by atoms with Crippen molar-refractivity contribution in [2.75, 3.05) is 5.32 Å². The van der Waals surface area contributed by atoms with E-state index < -0.39 is 11.6 Å². The molecule has 1 amide bonds. The monoisotopic (exact) mass is 260 g/mol. The van der Waals surface area contributed by atoms with Crippen molar-refractivity contribution >= 4 is 17.2 Å². The van der Waals surface area contributed by atoms with Gasteiger partial charge in [0.15, 0.2) is 11.3 Å². The van der Waals surface area contributed by atoms with Crippen LogP contribution < -0.4 is 11.0 Å². The van der Waals surface area contributed by atoms with E-state index in [1.165, 1.54) is 25.9 Å².